The predicted octanol–water partition coefficient (Wildman–Crippen LogP) is 2.84. The van der Waals surface area contributed by atoms with Gasteiger partial charge in [-0.3, -0.25) is 4.79 Å². The van der Waals surface area contributed by atoms with Crippen molar-refractivity contribution in [1.29, 1.82) is 5.26 Å². The van der Waals surface area contributed by atoms with Crippen molar-refractivity contribution in [1.82, 2.24) is 19.9 Å². The van der Waals surface area contributed by atoms with E-state index in [2.05, 4.69) is 36.8 Å². The van der Waals surface area contributed by atoms with Gasteiger partial charge in [0.1, 0.15) is 0 Å². The normalized spacial score (nSPS) is 14.7. The third-order valence-electron chi connectivity index (χ3n) is 5.88. The molecule has 0 atom stereocenters. The lowest BCUT2D eigenvalue weighted by molar-refractivity contribution is 0.0745. The number of benzene rings is 1. The van der Waals surface area contributed by atoms with E-state index < -0.39 is 0 Å². The third-order valence-corrected chi connectivity index (χ3v) is 5.88. The van der Waals surface area contributed by atoms with E-state index in [1.807, 2.05) is 24.0 Å². The third kappa shape index (κ3) is 5.58. The summed E-state index contributed by atoms with van der Waals surface area (Å²) in [7, 11) is 0. The van der Waals surface area contributed by atoms with Crippen molar-refractivity contribution in [2.75, 3.05) is 37.6 Å². The molecule has 2 aromatic heterocycles. The molecule has 0 spiro atoms. The van der Waals surface area contributed by atoms with Crippen molar-refractivity contribution in [3.63, 3.8) is 0 Å². The number of pyridine rings is 1. The highest BCUT2D eigenvalue weighted by Crippen LogP contribution is 2.23. The minimum atomic E-state index is -0.136. The molecule has 1 amide bonds. The first-order valence-electron chi connectivity index (χ1n) is 11.9. The van der Waals surface area contributed by atoms with Gasteiger partial charge < -0.3 is 25.0 Å². The van der Waals surface area contributed by atoms with Gasteiger partial charge in [-0.05, 0) is 36.6 Å². The largest absolute Gasteiger partial charge is 0.422 e. The summed E-state index contributed by atoms with van der Waals surface area (Å²) in [6.45, 7) is 10.9. The fourth-order valence-electron chi connectivity index (χ4n) is 4.18. The molecular weight excluding hydrogens is 456 g/mol. The van der Waals surface area contributed by atoms with Gasteiger partial charge >= 0.3 is 0 Å². The molecule has 3 aromatic rings. The number of carbonyl (C=O) groups is 1. The Bertz CT molecular complexity index is 1340. The molecular formula is C26H32N8O2. The van der Waals surface area contributed by atoms with Gasteiger partial charge in [0.15, 0.2) is 5.58 Å². The molecule has 0 radical (unpaired) electrons. The van der Waals surface area contributed by atoms with Gasteiger partial charge in [0.2, 0.25) is 5.65 Å². The van der Waals surface area contributed by atoms with Gasteiger partial charge in [-0.1, -0.05) is 26.8 Å². The monoisotopic (exact) mass is 488 g/mol. The number of hydrogen-bond acceptors (Lipinski definition) is 9. The number of nitrogens with zero attached hydrogens (tertiary/aromatic N) is 6. The Labute approximate surface area is 210 Å². The number of nitrogens with two attached hydrogens (primary N) is 2. The van der Waals surface area contributed by atoms with Crippen LogP contribution in [-0.2, 0) is 0 Å². The standard InChI is InChI=1S/C26H32N8O2/c1-17-5-8-22-23(30-17)31-25(36-22)33-11-9-32(10-12-33)24(35)18-6-7-20(19(13-18)14-27)21(28)15-34(29)16-26(2,3)4/h5-8,13,15H,9-12,16,28-29H2,1-4H3/b21-15-. The summed E-state index contributed by atoms with van der Waals surface area (Å²) in [6.07, 6.45) is 1.62. The highest BCUT2D eigenvalue weighted by Gasteiger charge is 2.26. The zero-order chi connectivity index (χ0) is 26.0. The maximum Gasteiger partial charge on any atom is 0.300 e. The number of amides is 1. The van der Waals surface area contributed by atoms with Crippen LogP contribution in [0.15, 0.2) is 40.9 Å². The van der Waals surface area contributed by atoms with Crippen LogP contribution in [-0.4, -0.2) is 58.5 Å². The number of rotatable bonds is 5. The summed E-state index contributed by atoms with van der Waals surface area (Å²) in [5.74, 6) is 5.93. The van der Waals surface area contributed by atoms with E-state index in [4.69, 9.17) is 16.0 Å². The predicted molar refractivity (Wildman–Crippen MR) is 138 cm³/mol. The number of piperazine rings is 1. The van der Waals surface area contributed by atoms with Gasteiger partial charge in [0.05, 0.1) is 17.3 Å². The van der Waals surface area contributed by atoms with E-state index in [0.717, 1.165) is 5.69 Å². The molecule has 1 aromatic carbocycles. The van der Waals surface area contributed by atoms with Crippen molar-refractivity contribution >= 4 is 28.8 Å². The SMILES string of the molecule is Cc1ccc2oc(N3CCN(C(=O)c4ccc(/C(N)=C/N(N)CC(C)(C)C)c(C#N)c4)CC3)nc2n1. The second-order valence-electron chi connectivity index (χ2n) is 10.2. The molecule has 1 fully saturated rings. The summed E-state index contributed by atoms with van der Waals surface area (Å²) < 4.78 is 5.85. The number of anilines is 1. The molecule has 36 heavy (non-hydrogen) atoms. The van der Waals surface area contributed by atoms with Crippen LogP contribution >= 0.6 is 0 Å². The maximum atomic E-state index is 13.2. The van der Waals surface area contributed by atoms with Gasteiger partial charge in [0, 0.05) is 55.7 Å². The van der Waals surface area contributed by atoms with Gasteiger partial charge in [0.25, 0.3) is 11.9 Å². The highest BCUT2D eigenvalue weighted by molar-refractivity contribution is 5.95. The molecule has 188 valence electrons. The van der Waals surface area contributed by atoms with Crippen LogP contribution in [0, 0.1) is 23.7 Å². The number of oxazole rings is 1. The minimum absolute atomic E-state index is 0.0136. The number of aryl methyl sites for hydroxylation is 1. The number of nitriles is 1. The van der Waals surface area contributed by atoms with Gasteiger partial charge in [-0.2, -0.15) is 10.2 Å². The molecule has 1 aliphatic heterocycles. The lowest BCUT2D eigenvalue weighted by Gasteiger charge is -2.33. The Morgan fingerprint density at radius 1 is 1.19 bits per heavy atom. The topological polar surface area (TPSA) is 142 Å². The smallest absolute Gasteiger partial charge is 0.300 e. The Kier molecular flexibility index (Phi) is 6.86. The molecule has 1 saturated heterocycles. The zero-order valence-electron chi connectivity index (χ0n) is 21.2. The maximum absolute atomic E-state index is 13.2. The molecule has 4 N–H and O–H groups in total. The Balaban J connectivity index is 1.44. The Hall–Kier alpha value is -4.10. The van der Waals surface area contributed by atoms with Crippen molar-refractivity contribution in [2.45, 2.75) is 27.7 Å². The fraction of sp³-hybridized carbons (Fsp3) is 0.385. The minimum Gasteiger partial charge on any atom is -0.422 e. The van der Waals surface area contributed by atoms with Gasteiger partial charge in [-0.15, -0.1) is 0 Å². The van der Waals surface area contributed by atoms with Crippen LogP contribution < -0.4 is 16.5 Å². The van der Waals surface area contributed by atoms with Crippen LogP contribution in [0.1, 0.15) is 48.0 Å². The lowest BCUT2D eigenvalue weighted by Crippen LogP contribution is -2.49. The average molecular weight is 489 g/mol. The van der Waals surface area contributed by atoms with E-state index in [1.54, 1.807) is 29.3 Å². The molecule has 0 aliphatic carbocycles. The van der Waals surface area contributed by atoms with Crippen LogP contribution in [0.25, 0.3) is 16.9 Å². The number of fused-ring (bicyclic) bond motifs is 1. The van der Waals surface area contributed by atoms with Crippen molar-refractivity contribution < 1.29 is 9.21 Å². The first kappa shape index (κ1) is 25.0. The molecule has 1 aliphatic rings. The molecule has 10 heteroatoms. The molecule has 10 nitrogen and oxygen atoms in total. The van der Waals surface area contributed by atoms with Crippen LogP contribution in [0.2, 0.25) is 0 Å². The molecule has 0 unspecified atom stereocenters. The van der Waals surface area contributed by atoms with E-state index in [1.165, 1.54) is 5.01 Å². The first-order chi connectivity index (χ1) is 17.0. The summed E-state index contributed by atoms with van der Waals surface area (Å²) in [5, 5.41) is 11.2. The quantitative estimate of drug-likeness (QED) is 0.409. The van der Waals surface area contributed by atoms with Gasteiger partial charge in [-0.25, -0.2) is 10.8 Å². The van der Waals surface area contributed by atoms with E-state index >= 15 is 0 Å². The van der Waals surface area contributed by atoms with Crippen LogP contribution in [0.4, 0.5) is 6.01 Å². The number of aromatic nitrogens is 2. The summed E-state index contributed by atoms with van der Waals surface area (Å²) in [4.78, 5) is 25.8. The van der Waals surface area contributed by atoms with E-state index in [0.29, 0.717) is 72.4 Å². The second kappa shape index (κ2) is 9.87. The zero-order valence-corrected chi connectivity index (χ0v) is 21.2. The van der Waals surface area contributed by atoms with Crippen molar-refractivity contribution in [3.05, 3.63) is 58.9 Å². The Morgan fingerprint density at radius 3 is 2.58 bits per heavy atom. The number of hydrazine groups is 1. The molecule has 0 saturated carbocycles. The fourth-order valence-corrected chi connectivity index (χ4v) is 4.18. The average Bonchev–Trinajstić information content (AvgIpc) is 3.25. The number of carbonyl (C=O) groups excluding carboxylic acids is 1. The molecule has 3 heterocycles. The Morgan fingerprint density at radius 2 is 1.92 bits per heavy atom. The first-order valence-corrected chi connectivity index (χ1v) is 11.9. The van der Waals surface area contributed by atoms with E-state index in [9.17, 15) is 10.1 Å². The van der Waals surface area contributed by atoms with Crippen molar-refractivity contribution in [3.8, 4) is 6.07 Å². The lowest BCUT2D eigenvalue weighted by atomic mass is 9.97. The molecule has 4 rings (SSSR count). The van der Waals surface area contributed by atoms with Crippen LogP contribution in [0.3, 0.4) is 0 Å². The summed E-state index contributed by atoms with van der Waals surface area (Å²) in [5.41, 5.74) is 10.0. The summed E-state index contributed by atoms with van der Waals surface area (Å²) in [6, 6.07) is 11.4. The van der Waals surface area contributed by atoms with Crippen LogP contribution in [0.5, 0.6) is 0 Å². The van der Waals surface area contributed by atoms with Crippen molar-refractivity contribution in [2.24, 2.45) is 17.0 Å². The highest BCUT2D eigenvalue weighted by atomic mass is 16.4. The molecule has 0 bridgehead atoms. The van der Waals surface area contributed by atoms with E-state index in [-0.39, 0.29) is 11.3 Å². The number of hydrogen-bond donors (Lipinski definition) is 2. The second-order valence-corrected chi connectivity index (χ2v) is 10.2. The summed E-state index contributed by atoms with van der Waals surface area (Å²) >= 11 is 0.